The van der Waals surface area contributed by atoms with Crippen LogP contribution in [0.2, 0.25) is 5.02 Å². The van der Waals surface area contributed by atoms with Crippen molar-refractivity contribution in [2.24, 2.45) is 0 Å². The average Bonchev–Trinajstić information content (AvgIpc) is 2.36. The van der Waals surface area contributed by atoms with Gasteiger partial charge < -0.3 is 10.2 Å². The van der Waals surface area contributed by atoms with E-state index in [0.29, 0.717) is 12.1 Å². The summed E-state index contributed by atoms with van der Waals surface area (Å²) >= 11 is 6.13. The monoisotopic (exact) mass is 282 g/mol. The molecule has 1 N–H and O–H groups in total. The molecule has 1 aromatic rings. The summed E-state index contributed by atoms with van der Waals surface area (Å²) in [7, 11) is 2.17. The van der Waals surface area contributed by atoms with Gasteiger partial charge in [-0.15, -0.1) is 0 Å². The minimum atomic E-state index is 0.477. The Kier molecular flexibility index (Phi) is 6.67. The molecule has 1 atom stereocenters. The van der Waals surface area contributed by atoms with Gasteiger partial charge in [0.25, 0.3) is 0 Å². The predicted molar refractivity (Wildman–Crippen MR) is 86.2 cm³/mol. The van der Waals surface area contributed by atoms with Crippen LogP contribution >= 0.6 is 11.6 Å². The third-order valence-corrected chi connectivity index (χ3v) is 3.72. The zero-order chi connectivity index (χ0) is 14.4. The van der Waals surface area contributed by atoms with E-state index in [4.69, 9.17) is 11.6 Å². The van der Waals surface area contributed by atoms with Crippen LogP contribution in [-0.2, 0) is 6.54 Å². The van der Waals surface area contributed by atoms with Crippen LogP contribution in [0.1, 0.15) is 46.1 Å². The zero-order valence-corrected chi connectivity index (χ0v) is 13.6. The van der Waals surface area contributed by atoms with E-state index in [0.717, 1.165) is 11.6 Å². The van der Waals surface area contributed by atoms with Gasteiger partial charge in [0.15, 0.2) is 0 Å². The van der Waals surface area contributed by atoms with Gasteiger partial charge in [-0.1, -0.05) is 38.8 Å². The van der Waals surface area contributed by atoms with Gasteiger partial charge >= 0.3 is 0 Å². The molecule has 0 radical (unpaired) electrons. The summed E-state index contributed by atoms with van der Waals surface area (Å²) in [4.78, 5) is 2.36. The minimum absolute atomic E-state index is 0.477. The molecule has 0 bridgehead atoms. The van der Waals surface area contributed by atoms with E-state index >= 15 is 0 Å². The fourth-order valence-corrected chi connectivity index (χ4v) is 2.40. The van der Waals surface area contributed by atoms with Gasteiger partial charge in [-0.2, -0.15) is 0 Å². The van der Waals surface area contributed by atoms with Crippen LogP contribution in [-0.4, -0.2) is 19.1 Å². The number of benzene rings is 1. The lowest BCUT2D eigenvalue weighted by Gasteiger charge is -2.29. The number of hydrogen-bond donors (Lipinski definition) is 1. The summed E-state index contributed by atoms with van der Waals surface area (Å²) in [6.07, 6.45) is 2.41. The maximum atomic E-state index is 6.13. The van der Waals surface area contributed by atoms with Gasteiger partial charge in [0, 0.05) is 36.4 Å². The second-order valence-electron chi connectivity index (χ2n) is 5.56. The van der Waals surface area contributed by atoms with Gasteiger partial charge in [-0.25, -0.2) is 0 Å². The highest BCUT2D eigenvalue weighted by molar-refractivity contribution is 6.30. The normalized spacial score (nSPS) is 12.8. The van der Waals surface area contributed by atoms with Crippen molar-refractivity contribution in [3.8, 4) is 0 Å². The molecule has 1 unspecified atom stereocenters. The Labute approximate surface area is 123 Å². The third kappa shape index (κ3) is 5.04. The van der Waals surface area contributed by atoms with Gasteiger partial charge in [0.05, 0.1) is 0 Å². The number of halogens is 1. The van der Waals surface area contributed by atoms with Crippen LogP contribution in [0.25, 0.3) is 0 Å². The number of nitrogens with one attached hydrogen (secondary N) is 1. The van der Waals surface area contributed by atoms with Gasteiger partial charge in [0.1, 0.15) is 0 Å². The third-order valence-electron chi connectivity index (χ3n) is 3.49. The van der Waals surface area contributed by atoms with Gasteiger partial charge in [-0.05, 0) is 37.1 Å². The number of anilines is 1. The van der Waals surface area contributed by atoms with Crippen LogP contribution in [0.15, 0.2) is 18.2 Å². The van der Waals surface area contributed by atoms with Crippen molar-refractivity contribution in [3.63, 3.8) is 0 Å². The van der Waals surface area contributed by atoms with Crippen molar-refractivity contribution in [3.05, 3.63) is 28.8 Å². The van der Waals surface area contributed by atoms with E-state index in [9.17, 15) is 0 Å². The quantitative estimate of drug-likeness (QED) is 0.794. The first-order valence-corrected chi connectivity index (χ1v) is 7.58. The average molecular weight is 283 g/mol. The molecule has 0 amide bonds. The first-order chi connectivity index (χ1) is 8.95. The molecule has 0 aromatic heterocycles. The molecule has 0 aliphatic carbocycles. The summed E-state index contributed by atoms with van der Waals surface area (Å²) in [5, 5.41) is 4.28. The highest BCUT2D eigenvalue weighted by Gasteiger charge is 2.13. The number of hydrogen-bond acceptors (Lipinski definition) is 2. The Balaban J connectivity index is 2.91. The minimum Gasteiger partial charge on any atom is -0.372 e. The van der Waals surface area contributed by atoms with Gasteiger partial charge in [0.2, 0.25) is 0 Å². The second-order valence-corrected chi connectivity index (χ2v) is 5.99. The predicted octanol–water partition coefficient (Wildman–Crippen LogP) is 4.46. The maximum absolute atomic E-state index is 6.13. The topological polar surface area (TPSA) is 15.3 Å². The molecular weight excluding hydrogens is 256 g/mol. The van der Waals surface area contributed by atoms with Crippen LogP contribution in [0.3, 0.4) is 0 Å². The van der Waals surface area contributed by atoms with E-state index in [1.807, 2.05) is 6.07 Å². The van der Waals surface area contributed by atoms with Crippen LogP contribution in [0.5, 0.6) is 0 Å². The first kappa shape index (κ1) is 16.3. The molecular formula is C16H27ClN2. The van der Waals surface area contributed by atoms with Crippen molar-refractivity contribution >= 4 is 17.3 Å². The molecule has 19 heavy (non-hydrogen) atoms. The van der Waals surface area contributed by atoms with E-state index in [-0.39, 0.29) is 0 Å². The Morgan fingerprint density at radius 3 is 2.53 bits per heavy atom. The van der Waals surface area contributed by atoms with Crippen LogP contribution < -0.4 is 10.2 Å². The summed E-state index contributed by atoms with van der Waals surface area (Å²) in [5.74, 6) is 0. The SMILES string of the molecule is CCCC(C)N(C)c1ccc(Cl)cc1CNC(C)C. The Morgan fingerprint density at radius 2 is 1.95 bits per heavy atom. The van der Waals surface area contributed by atoms with Crippen LogP contribution in [0.4, 0.5) is 5.69 Å². The van der Waals surface area contributed by atoms with Crippen molar-refractivity contribution in [2.75, 3.05) is 11.9 Å². The standard InChI is InChI=1S/C16H27ClN2/c1-6-7-13(4)19(5)16-9-8-15(17)10-14(16)11-18-12(2)3/h8-10,12-13,18H,6-7,11H2,1-5H3. The first-order valence-electron chi connectivity index (χ1n) is 7.20. The Bertz CT molecular complexity index is 390. The zero-order valence-electron chi connectivity index (χ0n) is 12.8. The lowest BCUT2D eigenvalue weighted by atomic mass is 10.1. The summed E-state index contributed by atoms with van der Waals surface area (Å²) in [6, 6.07) is 7.20. The van der Waals surface area contributed by atoms with Gasteiger partial charge in [-0.3, -0.25) is 0 Å². The van der Waals surface area contributed by atoms with Crippen molar-refractivity contribution in [1.82, 2.24) is 5.32 Å². The molecule has 0 aliphatic heterocycles. The molecule has 0 spiro atoms. The van der Waals surface area contributed by atoms with Crippen molar-refractivity contribution in [1.29, 1.82) is 0 Å². The van der Waals surface area contributed by atoms with E-state index in [1.165, 1.54) is 24.1 Å². The largest absolute Gasteiger partial charge is 0.372 e. The molecule has 2 nitrogen and oxygen atoms in total. The molecule has 1 aromatic carbocycles. The highest BCUT2D eigenvalue weighted by atomic mass is 35.5. The molecule has 0 saturated heterocycles. The molecule has 0 aliphatic rings. The maximum Gasteiger partial charge on any atom is 0.0412 e. The molecule has 0 saturated carbocycles. The fraction of sp³-hybridized carbons (Fsp3) is 0.625. The molecule has 108 valence electrons. The molecule has 1 rings (SSSR count). The summed E-state index contributed by atoms with van der Waals surface area (Å²) in [6.45, 7) is 9.68. The van der Waals surface area contributed by atoms with Crippen molar-refractivity contribution in [2.45, 2.75) is 59.2 Å². The fourth-order valence-electron chi connectivity index (χ4n) is 2.20. The van der Waals surface area contributed by atoms with Crippen molar-refractivity contribution < 1.29 is 0 Å². The smallest absolute Gasteiger partial charge is 0.0412 e. The molecule has 0 heterocycles. The number of rotatable bonds is 7. The van der Waals surface area contributed by atoms with E-state index < -0.39 is 0 Å². The Hall–Kier alpha value is -0.730. The summed E-state index contributed by atoms with van der Waals surface area (Å²) < 4.78 is 0. The second kappa shape index (κ2) is 7.76. The van der Waals surface area contributed by atoms with E-state index in [2.05, 4.69) is 57.1 Å². The highest BCUT2D eigenvalue weighted by Crippen LogP contribution is 2.26. The lowest BCUT2D eigenvalue weighted by Crippen LogP contribution is -2.30. The van der Waals surface area contributed by atoms with Crippen LogP contribution in [0, 0.1) is 0 Å². The summed E-state index contributed by atoms with van der Waals surface area (Å²) in [5.41, 5.74) is 2.55. The lowest BCUT2D eigenvalue weighted by molar-refractivity contribution is 0.581. The van der Waals surface area contributed by atoms with E-state index in [1.54, 1.807) is 0 Å². The number of nitrogens with zero attached hydrogens (tertiary/aromatic N) is 1. The molecule has 3 heteroatoms. The Morgan fingerprint density at radius 1 is 1.26 bits per heavy atom. The molecule has 0 fully saturated rings.